The molecule has 2 rings (SSSR count). The topological polar surface area (TPSA) is 96.2 Å². The van der Waals surface area contributed by atoms with E-state index in [9.17, 15) is 9.59 Å². The molecular formula is C13H14N4O3. The van der Waals surface area contributed by atoms with Crippen LogP contribution in [0.15, 0.2) is 36.7 Å². The predicted molar refractivity (Wildman–Crippen MR) is 73.6 cm³/mol. The molecule has 1 aromatic carbocycles. The lowest BCUT2D eigenvalue weighted by Crippen LogP contribution is -2.19. The second-order valence-corrected chi connectivity index (χ2v) is 4.25. The molecule has 0 fully saturated rings. The van der Waals surface area contributed by atoms with Gasteiger partial charge in [-0.3, -0.25) is 9.48 Å². The van der Waals surface area contributed by atoms with Crippen molar-refractivity contribution in [3.63, 3.8) is 0 Å². The number of nitrogens with one attached hydrogen (secondary N) is 2. The van der Waals surface area contributed by atoms with Gasteiger partial charge in [-0.2, -0.15) is 5.10 Å². The third-order valence-electron chi connectivity index (χ3n) is 2.53. The summed E-state index contributed by atoms with van der Waals surface area (Å²) in [5.41, 5.74) is 1.85. The number of rotatable bonds is 4. The number of nitrogens with zero attached hydrogens (tertiary/aromatic N) is 2. The first-order chi connectivity index (χ1) is 9.52. The molecule has 1 aromatic heterocycles. The van der Waals surface area contributed by atoms with E-state index in [-0.39, 0.29) is 12.5 Å². The summed E-state index contributed by atoms with van der Waals surface area (Å²) in [6.45, 7) is 0. The monoisotopic (exact) mass is 274 g/mol. The third kappa shape index (κ3) is 3.84. The molecule has 0 aliphatic rings. The van der Waals surface area contributed by atoms with E-state index >= 15 is 0 Å². The molecule has 2 amide bonds. The van der Waals surface area contributed by atoms with Crippen molar-refractivity contribution >= 4 is 23.4 Å². The first kappa shape index (κ1) is 13.6. The smallest absolute Gasteiger partial charge is 0.323 e. The Labute approximate surface area is 115 Å². The lowest BCUT2D eigenvalue weighted by atomic mass is 10.1. The van der Waals surface area contributed by atoms with E-state index in [0.29, 0.717) is 16.9 Å². The van der Waals surface area contributed by atoms with Gasteiger partial charge >= 0.3 is 12.0 Å². The number of benzene rings is 1. The van der Waals surface area contributed by atoms with Crippen LogP contribution in [-0.2, 0) is 18.3 Å². The maximum atomic E-state index is 11.7. The molecule has 2 aromatic rings. The Kier molecular flexibility index (Phi) is 3.99. The molecule has 104 valence electrons. The van der Waals surface area contributed by atoms with Crippen molar-refractivity contribution in [3.05, 3.63) is 42.2 Å². The van der Waals surface area contributed by atoms with E-state index in [2.05, 4.69) is 15.7 Å². The number of urea groups is 1. The number of carbonyl (C=O) groups excluding carboxylic acids is 1. The normalized spacial score (nSPS) is 10.1. The van der Waals surface area contributed by atoms with Crippen LogP contribution in [0.5, 0.6) is 0 Å². The fraction of sp³-hybridized carbons (Fsp3) is 0.154. The number of carboxylic acids is 1. The van der Waals surface area contributed by atoms with Gasteiger partial charge in [-0.25, -0.2) is 4.79 Å². The highest BCUT2D eigenvalue weighted by Gasteiger charge is 2.05. The van der Waals surface area contributed by atoms with Crippen LogP contribution >= 0.6 is 0 Å². The molecule has 0 aliphatic heterocycles. The number of hydrogen-bond donors (Lipinski definition) is 3. The number of amides is 2. The maximum absolute atomic E-state index is 11.7. The molecule has 1 heterocycles. The van der Waals surface area contributed by atoms with E-state index in [1.54, 1.807) is 42.2 Å². The summed E-state index contributed by atoms with van der Waals surface area (Å²) < 4.78 is 1.58. The van der Waals surface area contributed by atoms with Gasteiger partial charge in [0.2, 0.25) is 0 Å². The highest BCUT2D eigenvalue weighted by Crippen LogP contribution is 2.11. The van der Waals surface area contributed by atoms with Crippen molar-refractivity contribution in [3.8, 4) is 0 Å². The van der Waals surface area contributed by atoms with Crippen LogP contribution in [0.2, 0.25) is 0 Å². The second-order valence-electron chi connectivity index (χ2n) is 4.25. The molecule has 0 saturated heterocycles. The quantitative estimate of drug-likeness (QED) is 0.790. The molecule has 0 aliphatic carbocycles. The van der Waals surface area contributed by atoms with Crippen LogP contribution in [0.1, 0.15) is 5.56 Å². The van der Waals surface area contributed by atoms with Gasteiger partial charge in [0.25, 0.3) is 0 Å². The summed E-state index contributed by atoms with van der Waals surface area (Å²) in [6.07, 6.45) is 3.17. The number of aromatic nitrogens is 2. The second kappa shape index (κ2) is 5.87. The molecule has 0 spiro atoms. The number of hydrogen-bond acceptors (Lipinski definition) is 3. The van der Waals surface area contributed by atoms with Gasteiger partial charge < -0.3 is 15.7 Å². The Hall–Kier alpha value is -2.83. The number of anilines is 2. The van der Waals surface area contributed by atoms with Gasteiger partial charge in [0, 0.05) is 18.9 Å². The van der Waals surface area contributed by atoms with Gasteiger partial charge in [0.05, 0.1) is 18.3 Å². The van der Waals surface area contributed by atoms with Crippen LogP contribution in [-0.4, -0.2) is 26.9 Å². The van der Waals surface area contributed by atoms with Crippen molar-refractivity contribution in [2.24, 2.45) is 7.05 Å². The Balaban J connectivity index is 1.92. The first-order valence-electron chi connectivity index (χ1n) is 5.90. The number of carbonyl (C=O) groups is 2. The average Bonchev–Trinajstić information content (AvgIpc) is 2.76. The summed E-state index contributed by atoms with van der Waals surface area (Å²) in [5, 5.41) is 17.9. The Bertz CT molecular complexity index is 619. The summed E-state index contributed by atoms with van der Waals surface area (Å²) in [6, 6.07) is 6.24. The zero-order valence-electron chi connectivity index (χ0n) is 10.8. The Morgan fingerprint density at radius 2 is 1.85 bits per heavy atom. The minimum atomic E-state index is -0.889. The average molecular weight is 274 g/mol. The fourth-order valence-electron chi connectivity index (χ4n) is 1.66. The zero-order valence-corrected chi connectivity index (χ0v) is 10.8. The van der Waals surface area contributed by atoms with Crippen LogP contribution in [0.4, 0.5) is 16.2 Å². The van der Waals surface area contributed by atoms with Gasteiger partial charge in [-0.05, 0) is 17.7 Å². The van der Waals surface area contributed by atoms with Crippen LogP contribution in [0, 0.1) is 0 Å². The Morgan fingerprint density at radius 3 is 2.40 bits per heavy atom. The summed E-state index contributed by atoms with van der Waals surface area (Å²) in [7, 11) is 1.75. The molecule has 0 atom stereocenters. The molecule has 20 heavy (non-hydrogen) atoms. The molecule has 0 bridgehead atoms. The lowest BCUT2D eigenvalue weighted by molar-refractivity contribution is -0.136. The van der Waals surface area contributed by atoms with E-state index in [0.717, 1.165) is 0 Å². The molecule has 0 saturated carbocycles. The zero-order chi connectivity index (χ0) is 14.5. The van der Waals surface area contributed by atoms with Crippen molar-refractivity contribution < 1.29 is 14.7 Å². The van der Waals surface area contributed by atoms with Crippen molar-refractivity contribution in [2.75, 3.05) is 10.6 Å². The van der Waals surface area contributed by atoms with Crippen LogP contribution in [0.25, 0.3) is 0 Å². The van der Waals surface area contributed by atoms with Crippen molar-refractivity contribution in [1.82, 2.24) is 9.78 Å². The molecule has 7 heteroatoms. The number of aryl methyl sites for hydroxylation is 1. The predicted octanol–water partition coefficient (Wildman–Crippen LogP) is 1.69. The fourth-order valence-corrected chi connectivity index (χ4v) is 1.66. The van der Waals surface area contributed by atoms with Crippen molar-refractivity contribution in [1.29, 1.82) is 0 Å². The van der Waals surface area contributed by atoms with Gasteiger partial charge in [0.1, 0.15) is 0 Å². The summed E-state index contributed by atoms with van der Waals surface area (Å²) in [4.78, 5) is 22.2. The minimum absolute atomic E-state index is 0.0395. The number of aliphatic carboxylic acids is 1. The largest absolute Gasteiger partial charge is 0.481 e. The van der Waals surface area contributed by atoms with Crippen LogP contribution < -0.4 is 10.6 Å². The number of carboxylic acid groups (broad SMARTS) is 1. The van der Waals surface area contributed by atoms with Crippen molar-refractivity contribution in [2.45, 2.75) is 6.42 Å². The summed E-state index contributed by atoms with van der Waals surface area (Å²) in [5.74, 6) is -0.889. The van der Waals surface area contributed by atoms with E-state index in [1.807, 2.05) is 0 Å². The summed E-state index contributed by atoms with van der Waals surface area (Å²) >= 11 is 0. The van der Waals surface area contributed by atoms with Gasteiger partial charge in [0.15, 0.2) is 0 Å². The minimum Gasteiger partial charge on any atom is -0.481 e. The molecule has 3 N–H and O–H groups in total. The highest BCUT2D eigenvalue weighted by atomic mass is 16.4. The SMILES string of the molecule is Cn1cc(NC(=O)Nc2ccc(CC(=O)O)cc2)cn1. The van der Waals surface area contributed by atoms with Gasteiger partial charge in [-0.1, -0.05) is 12.1 Å². The van der Waals surface area contributed by atoms with Crippen LogP contribution in [0.3, 0.4) is 0 Å². The molecule has 0 unspecified atom stereocenters. The Morgan fingerprint density at radius 1 is 1.20 bits per heavy atom. The van der Waals surface area contributed by atoms with Gasteiger partial charge in [-0.15, -0.1) is 0 Å². The lowest BCUT2D eigenvalue weighted by Gasteiger charge is -2.06. The van der Waals surface area contributed by atoms with E-state index in [4.69, 9.17) is 5.11 Å². The maximum Gasteiger partial charge on any atom is 0.323 e. The third-order valence-corrected chi connectivity index (χ3v) is 2.53. The highest BCUT2D eigenvalue weighted by molar-refractivity contribution is 5.99. The molecule has 7 nitrogen and oxygen atoms in total. The van der Waals surface area contributed by atoms with E-state index in [1.165, 1.54) is 6.20 Å². The standard InChI is InChI=1S/C13H14N4O3/c1-17-8-11(7-14-17)16-13(20)15-10-4-2-9(3-5-10)6-12(18)19/h2-5,7-8H,6H2,1H3,(H,18,19)(H2,15,16,20). The van der Waals surface area contributed by atoms with E-state index < -0.39 is 5.97 Å². The first-order valence-corrected chi connectivity index (χ1v) is 5.90. The molecule has 0 radical (unpaired) electrons. The molecular weight excluding hydrogens is 260 g/mol.